The second-order valence-corrected chi connectivity index (χ2v) is 6.56. The Morgan fingerprint density at radius 2 is 2.08 bits per heavy atom. The summed E-state index contributed by atoms with van der Waals surface area (Å²) in [4.78, 5) is 6.79. The van der Waals surface area contributed by atoms with Gasteiger partial charge in [0.25, 0.3) is 0 Å². The van der Waals surface area contributed by atoms with Gasteiger partial charge in [-0.3, -0.25) is 4.99 Å². The minimum Gasteiger partial charge on any atom is -0.493 e. The number of nitrogens with one attached hydrogen (secondary N) is 1. The summed E-state index contributed by atoms with van der Waals surface area (Å²) in [5.41, 5.74) is 1.47. The van der Waals surface area contributed by atoms with E-state index in [0.717, 1.165) is 55.7 Å². The average molecular weight is 461 g/mol. The van der Waals surface area contributed by atoms with Gasteiger partial charge in [-0.25, -0.2) is 0 Å². The molecule has 0 aromatic heterocycles. The zero-order valence-corrected chi connectivity index (χ0v) is 17.5. The molecule has 140 valence electrons. The third kappa shape index (κ3) is 4.49. The zero-order valence-electron chi connectivity index (χ0n) is 15.2. The van der Waals surface area contributed by atoms with Crippen molar-refractivity contribution >= 4 is 29.9 Å². The zero-order chi connectivity index (χ0) is 17.0. The highest BCUT2D eigenvalue weighted by molar-refractivity contribution is 14.0. The quantitative estimate of drug-likeness (QED) is 0.425. The van der Waals surface area contributed by atoms with Gasteiger partial charge in [0.05, 0.1) is 20.8 Å². The van der Waals surface area contributed by atoms with Gasteiger partial charge in [0.2, 0.25) is 0 Å². The molecule has 1 aromatic carbocycles. The van der Waals surface area contributed by atoms with Crippen molar-refractivity contribution in [1.29, 1.82) is 0 Å². The fourth-order valence-corrected chi connectivity index (χ4v) is 3.59. The number of ether oxygens (including phenoxy) is 3. The maximum atomic E-state index is 5.61. The molecule has 6 nitrogen and oxygen atoms in total. The number of aliphatic imine (C=N–C) groups is 1. The summed E-state index contributed by atoms with van der Waals surface area (Å²) in [5.74, 6) is 2.44. The molecular formula is C18H28IN3O3. The van der Waals surface area contributed by atoms with Gasteiger partial charge < -0.3 is 24.4 Å². The molecule has 1 aromatic rings. The first kappa shape index (κ1) is 20.1. The van der Waals surface area contributed by atoms with Crippen LogP contribution in [0.5, 0.6) is 11.5 Å². The van der Waals surface area contributed by atoms with Gasteiger partial charge in [0.15, 0.2) is 17.5 Å². The van der Waals surface area contributed by atoms with Crippen molar-refractivity contribution in [1.82, 2.24) is 10.2 Å². The van der Waals surface area contributed by atoms with Gasteiger partial charge >= 0.3 is 0 Å². The Morgan fingerprint density at radius 1 is 1.28 bits per heavy atom. The van der Waals surface area contributed by atoms with E-state index in [9.17, 15) is 0 Å². The fraction of sp³-hybridized carbons (Fsp3) is 0.611. The van der Waals surface area contributed by atoms with Gasteiger partial charge in [-0.15, -0.1) is 24.0 Å². The molecule has 2 aliphatic rings. The maximum absolute atomic E-state index is 5.61. The third-order valence-electron chi connectivity index (χ3n) is 5.03. The molecule has 1 N–H and O–H groups in total. The molecule has 0 bridgehead atoms. The van der Waals surface area contributed by atoms with E-state index in [-0.39, 0.29) is 24.0 Å². The van der Waals surface area contributed by atoms with Crippen LogP contribution in [0.15, 0.2) is 23.2 Å². The molecule has 1 atom stereocenters. The molecule has 2 fully saturated rings. The first-order valence-corrected chi connectivity index (χ1v) is 8.44. The molecule has 7 heteroatoms. The minimum atomic E-state index is 0. The lowest BCUT2D eigenvalue weighted by Crippen LogP contribution is -2.41. The van der Waals surface area contributed by atoms with Crippen LogP contribution in [0.4, 0.5) is 0 Å². The highest BCUT2D eigenvalue weighted by Gasteiger charge is 2.42. The largest absolute Gasteiger partial charge is 0.493 e. The number of likely N-dealkylation sites (tertiary alicyclic amines) is 1. The maximum Gasteiger partial charge on any atom is 0.193 e. The SMILES string of the molecule is CN=C(NCc1ccc(OC)c(OC)c1)N1CCC2(CCOC2)C1.I. The summed E-state index contributed by atoms with van der Waals surface area (Å²) in [5, 5.41) is 3.46. The number of nitrogens with zero attached hydrogens (tertiary/aromatic N) is 2. The highest BCUT2D eigenvalue weighted by atomic mass is 127. The summed E-state index contributed by atoms with van der Waals surface area (Å²) in [6, 6.07) is 5.96. The van der Waals surface area contributed by atoms with Crippen LogP contribution in [0.2, 0.25) is 0 Å². The van der Waals surface area contributed by atoms with Crippen LogP contribution in [0.3, 0.4) is 0 Å². The normalized spacial score (nSPS) is 22.8. The average Bonchev–Trinajstić information content (AvgIpc) is 3.25. The van der Waals surface area contributed by atoms with Crippen molar-refractivity contribution in [2.45, 2.75) is 19.4 Å². The molecule has 2 saturated heterocycles. The predicted molar refractivity (Wildman–Crippen MR) is 109 cm³/mol. The number of halogens is 1. The Hall–Kier alpha value is -1.22. The molecule has 25 heavy (non-hydrogen) atoms. The van der Waals surface area contributed by atoms with Gasteiger partial charge in [-0.1, -0.05) is 6.07 Å². The highest BCUT2D eigenvalue weighted by Crippen LogP contribution is 2.38. The number of guanidine groups is 1. The topological polar surface area (TPSA) is 55.3 Å². The van der Waals surface area contributed by atoms with E-state index in [0.29, 0.717) is 12.0 Å². The third-order valence-corrected chi connectivity index (χ3v) is 5.03. The second kappa shape index (κ2) is 8.93. The number of hydrogen-bond donors (Lipinski definition) is 1. The molecule has 2 heterocycles. The lowest BCUT2D eigenvalue weighted by atomic mass is 9.87. The first-order chi connectivity index (χ1) is 11.7. The molecule has 3 rings (SSSR count). The van der Waals surface area contributed by atoms with Crippen LogP contribution < -0.4 is 14.8 Å². The standard InChI is InChI=1S/C18H27N3O3.HI/c1-19-17(21-8-6-18(12-21)7-9-24-13-18)20-11-14-4-5-15(22-2)16(10-14)23-3;/h4-5,10H,6-9,11-13H2,1-3H3,(H,19,20);1H. The molecule has 0 saturated carbocycles. The predicted octanol–water partition coefficient (Wildman–Crippen LogP) is 2.51. The second-order valence-electron chi connectivity index (χ2n) is 6.56. The molecule has 2 aliphatic heterocycles. The van der Waals surface area contributed by atoms with Gasteiger partial charge in [-0.05, 0) is 30.5 Å². The van der Waals surface area contributed by atoms with Crippen LogP contribution in [-0.2, 0) is 11.3 Å². The lowest BCUT2D eigenvalue weighted by molar-refractivity contribution is 0.156. The van der Waals surface area contributed by atoms with Crippen LogP contribution in [-0.4, -0.2) is 58.4 Å². The van der Waals surface area contributed by atoms with Crippen LogP contribution in [0, 0.1) is 5.41 Å². The molecule has 1 unspecified atom stereocenters. The Bertz CT molecular complexity index is 603. The number of hydrogen-bond acceptors (Lipinski definition) is 4. The Balaban J connectivity index is 0.00000225. The summed E-state index contributed by atoms with van der Waals surface area (Å²) in [6.07, 6.45) is 2.35. The van der Waals surface area contributed by atoms with Crippen molar-refractivity contribution in [3.05, 3.63) is 23.8 Å². The molecule has 0 radical (unpaired) electrons. The molecular weight excluding hydrogens is 433 g/mol. The smallest absolute Gasteiger partial charge is 0.193 e. The molecule has 0 aliphatic carbocycles. The lowest BCUT2D eigenvalue weighted by Gasteiger charge is -2.25. The first-order valence-electron chi connectivity index (χ1n) is 8.44. The van der Waals surface area contributed by atoms with E-state index in [2.05, 4.69) is 15.2 Å². The van der Waals surface area contributed by atoms with Crippen LogP contribution in [0.1, 0.15) is 18.4 Å². The van der Waals surface area contributed by atoms with Gasteiger partial charge in [0, 0.05) is 38.7 Å². The number of benzene rings is 1. The fourth-order valence-electron chi connectivity index (χ4n) is 3.59. The molecule has 0 amide bonds. The monoisotopic (exact) mass is 461 g/mol. The van der Waals surface area contributed by atoms with E-state index >= 15 is 0 Å². The van der Waals surface area contributed by atoms with Crippen molar-refractivity contribution in [3.63, 3.8) is 0 Å². The summed E-state index contributed by atoms with van der Waals surface area (Å²) in [6.45, 7) is 4.54. The van der Waals surface area contributed by atoms with E-state index in [1.54, 1.807) is 14.2 Å². The van der Waals surface area contributed by atoms with Gasteiger partial charge in [-0.2, -0.15) is 0 Å². The minimum absolute atomic E-state index is 0. The van der Waals surface area contributed by atoms with E-state index in [4.69, 9.17) is 14.2 Å². The van der Waals surface area contributed by atoms with Crippen LogP contribution in [0.25, 0.3) is 0 Å². The van der Waals surface area contributed by atoms with E-state index < -0.39 is 0 Å². The van der Waals surface area contributed by atoms with Crippen molar-refractivity contribution in [2.24, 2.45) is 10.4 Å². The Kier molecular flexibility index (Phi) is 7.18. The van der Waals surface area contributed by atoms with Crippen molar-refractivity contribution < 1.29 is 14.2 Å². The van der Waals surface area contributed by atoms with E-state index in [1.165, 1.54) is 6.42 Å². The van der Waals surface area contributed by atoms with Crippen LogP contribution >= 0.6 is 24.0 Å². The van der Waals surface area contributed by atoms with Crippen molar-refractivity contribution in [2.75, 3.05) is 47.6 Å². The van der Waals surface area contributed by atoms with E-state index in [1.807, 2.05) is 25.2 Å². The Labute approximate surface area is 166 Å². The van der Waals surface area contributed by atoms with Crippen molar-refractivity contribution in [3.8, 4) is 11.5 Å². The molecule has 1 spiro atoms. The number of rotatable bonds is 4. The van der Waals surface area contributed by atoms with Gasteiger partial charge in [0.1, 0.15) is 0 Å². The summed E-state index contributed by atoms with van der Waals surface area (Å²) in [7, 11) is 5.14. The Morgan fingerprint density at radius 3 is 2.72 bits per heavy atom. The number of methoxy groups -OCH3 is 2. The summed E-state index contributed by atoms with van der Waals surface area (Å²) >= 11 is 0. The summed E-state index contributed by atoms with van der Waals surface area (Å²) < 4.78 is 16.3.